The largest absolute Gasteiger partial charge is 0.331 e. The molecule has 4 rings (SSSR count). The molecule has 0 saturated carbocycles. The summed E-state index contributed by atoms with van der Waals surface area (Å²) in [5, 5.41) is 9.70. The van der Waals surface area contributed by atoms with Crippen LogP contribution < -0.4 is 11.2 Å². The van der Waals surface area contributed by atoms with E-state index in [1.54, 1.807) is 4.57 Å². The van der Waals surface area contributed by atoms with E-state index < -0.39 is 17.2 Å². The van der Waals surface area contributed by atoms with E-state index in [0.717, 1.165) is 26.2 Å². The van der Waals surface area contributed by atoms with Crippen molar-refractivity contribution in [1.82, 2.24) is 24.4 Å². The number of aromatic nitrogens is 4. The molecule has 9 nitrogen and oxygen atoms in total. The molecule has 1 amide bonds. The standard InChI is InChI=1S/C22H25N5O4S/c1-12(2)11-27-21-18(19(28)25(3)22(27)30)17(20(29)26(4)31-5)16(32-21)10-15-13-8-6-7-9-14(13)23-24-15/h6-9,12H,10-11H2,1-5H3,(H,23,24). The number of carbonyl (C=O) groups is 1. The smallest absolute Gasteiger partial charge is 0.284 e. The summed E-state index contributed by atoms with van der Waals surface area (Å²) in [6.45, 7) is 4.43. The number of H-pyrrole nitrogens is 1. The lowest BCUT2D eigenvalue weighted by Crippen LogP contribution is -2.39. The van der Waals surface area contributed by atoms with Gasteiger partial charge in [-0.2, -0.15) is 5.10 Å². The highest BCUT2D eigenvalue weighted by atomic mass is 32.1. The van der Waals surface area contributed by atoms with E-state index in [-0.39, 0.29) is 16.9 Å². The maximum Gasteiger partial charge on any atom is 0.331 e. The van der Waals surface area contributed by atoms with Crippen molar-refractivity contribution in [3.8, 4) is 0 Å². The first kappa shape index (κ1) is 22.0. The number of amides is 1. The van der Waals surface area contributed by atoms with Crippen molar-refractivity contribution in [3.63, 3.8) is 0 Å². The van der Waals surface area contributed by atoms with Gasteiger partial charge in [0.05, 0.1) is 29.3 Å². The molecule has 0 radical (unpaired) electrons. The van der Waals surface area contributed by atoms with Gasteiger partial charge < -0.3 is 0 Å². The third kappa shape index (κ3) is 3.55. The van der Waals surface area contributed by atoms with Crippen molar-refractivity contribution in [3.05, 3.63) is 61.2 Å². The molecule has 0 aliphatic heterocycles. The van der Waals surface area contributed by atoms with Gasteiger partial charge >= 0.3 is 5.69 Å². The van der Waals surface area contributed by atoms with Gasteiger partial charge in [-0.3, -0.25) is 28.7 Å². The molecule has 0 saturated heterocycles. The average Bonchev–Trinajstić information content (AvgIpc) is 3.36. The first-order chi connectivity index (χ1) is 15.2. The fourth-order valence-corrected chi connectivity index (χ4v) is 5.09. The minimum Gasteiger partial charge on any atom is -0.284 e. The second kappa shape index (κ2) is 8.36. The van der Waals surface area contributed by atoms with Gasteiger partial charge in [-0.25, -0.2) is 9.86 Å². The summed E-state index contributed by atoms with van der Waals surface area (Å²) in [5.41, 5.74) is 1.01. The van der Waals surface area contributed by atoms with E-state index in [1.165, 1.54) is 32.5 Å². The molecule has 10 heteroatoms. The molecule has 1 aromatic carbocycles. The van der Waals surface area contributed by atoms with Crippen LogP contribution >= 0.6 is 11.3 Å². The minimum atomic E-state index is -0.493. The number of hydrogen-bond donors (Lipinski definition) is 1. The molecule has 1 N–H and O–H groups in total. The maximum atomic E-state index is 13.3. The molecule has 0 spiro atoms. The Balaban J connectivity index is 2.03. The van der Waals surface area contributed by atoms with Crippen LogP contribution in [0.15, 0.2) is 33.9 Å². The number of rotatable bonds is 6. The van der Waals surface area contributed by atoms with Crippen molar-refractivity contribution in [1.29, 1.82) is 0 Å². The number of nitrogens with zero attached hydrogens (tertiary/aromatic N) is 4. The number of aromatic amines is 1. The van der Waals surface area contributed by atoms with Gasteiger partial charge in [0.2, 0.25) is 0 Å². The van der Waals surface area contributed by atoms with Crippen LogP contribution in [0.25, 0.3) is 21.1 Å². The van der Waals surface area contributed by atoms with Crippen molar-refractivity contribution >= 4 is 38.4 Å². The Bertz CT molecular complexity index is 1440. The molecule has 32 heavy (non-hydrogen) atoms. The third-order valence-corrected chi connectivity index (χ3v) is 6.66. The Kier molecular flexibility index (Phi) is 5.74. The van der Waals surface area contributed by atoms with E-state index in [4.69, 9.17) is 4.84 Å². The molecule has 4 aromatic rings. The van der Waals surface area contributed by atoms with Gasteiger partial charge in [-0.1, -0.05) is 32.0 Å². The Morgan fingerprint density at radius 1 is 1.28 bits per heavy atom. The molecule has 0 atom stereocenters. The predicted octanol–water partition coefficient (Wildman–Crippen LogP) is 2.52. The van der Waals surface area contributed by atoms with Crippen LogP contribution in [0.5, 0.6) is 0 Å². The van der Waals surface area contributed by atoms with Gasteiger partial charge in [-0.05, 0) is 12.0 Å². The molecule has 168 valence electrons. The third-order valence-electron chi connectivity index (χ3n) is 5.44. The number of fused-ring (bicyclic) bond motifs is 2. The first-order valence-corrected chi connectivity index (χ1v) is 11.1. The van der Waals surface area contributed by atoms with Gasteiger partial charge in [-0.15, -0.1) is 11.3 Å². The lowest BCUT2D eigenvalue weighted by Gasteiger charge is -2.15. The predicted molar refractivity (Wildman–Crippen MR) is 124 cm³/mol. The fourth-order valence-electron chi connectivity index (χ4n) is 3.80. The van der Waals surface area contributed by atoms with Crippen molar-refractivity contribution in [2.24, 2.45) is 13.0 Å². The zero-order valence-electron chi connectivity index (χ0n) is 18.6. The summed E-state index contributed by atoms with van der Waals surface area (Å²) in [6, 6.07) is 7.73. The summed E-state index contributed by atoms with van der Waals surface area (Å²) in [6.07, 6.45) is 0.334. The summed E-state index contributed by atoms with van der Waals surface area (Å²) >= 11 is 1.29. The zero-order valence-corrected chi connectivity index (χ0v) is 19.4. The maximum absolute atomic E-state index is 13.3. The summed E-state index contributed by atoms with van der Waals surface area (Å²) < 4.78 is 2.65. The highest BCUT2D eigenvalue weighted by Crippen LogP contribution is 2.32. The highest BCUT2D eigenvalue weighted by molar-refractivity contribution is 7.19. The second-order valence-corrected chi connectivity index (χ2v) is 9.19. The fraction of sp³-hybridized carbons (Fsp3) is 0.364. The van der Waals surface area contributed by atoms with Crippen LogP contribution in [-0.4, -0.2) is 44.5 Å². The Morgan fingerprint density at radius 3 is 2.69 bits per heavy atom. The van der Waals surface area contributed by atoms with Gasteiger partial charge in [0.15, 0.2) is 0 Å². The number of hydrogen-bond acceptors (Lipinski definition) is 6. The summed E-state index contributed by atoms with van der Waals surface area (Å²) in [5.74, 6) is -0.268. The molecule has 3 aromatic heterocycles. The van der Waals surface area contributed by atoms with Crippen molar-refractivity contribution in [2.75, 3.05) is 14.2 Å². The lowest BCUT2D eigenvalue weighted by atomic mass is 10.1. The van der Waals surface area contributed by atoms with E-state index in [1.807, 2.05) is 38.1 Å². The number of para-hydroxylation sites is 1. The van der Waals surface area contributed by atoms with Crippen LogP contribution in [0.2, 0.25) is 0 Å². The molecular weight excluding hydrogens is 430 g/mol. The summed E-state index contributed by atoms with van der Waals surface area (Å²) in [7, 11) is 4.32. The minimum absolute atomic E-state index is 0.176. The number of carbonyl (C=O) groups excluding carboxylic acids is 1. The number of hydroxylamine groups is 2. The van der Waals surface area contributed by atoms with Gasteiger partial charge in [0.1, 0.15) is 4.83 Å². The normalized spacial score (nSPS) is 11.7. The van der Waals surface area contributed by atoms with Crippen LogP contribution in [0.4, 0.5) is 0 Å². The lowest BCUT2D eigenvalue weighted by molar-refractivity contribution is -0.0756. The molecule has 0 bridgehead atoms. The van der Waals surface area contributed by atoms with Crippen LogP contribution in [-0.2, 0) is 24.9 Å². The van der Waals surface area contributed by atoms with E-state index in [9.17, 15) is 14.4 Å². The number of thiophene rings is 1. The van der Waals surface area contributed by atoms with Gasteiger partial charge in [0.25, 0.3) is 11.5 Å². The average molecular weight is 456 g/mol. The number of nitrogens with one attached hydrogen (secondary N) is 1. The van der Waals surface area contributed by atoms with E-state index in [2.05, 4.69) is 10.2 Å². The van der Waals surface area contributed by atoms with E-state index >= 15 is 0 Å². The molecule has 0 aliphatic rings. The first-order valence-electron chi connectivity index (χ1n) is 10.2. The molecule has 3 heterocycles. The Morgan fingerprint density at radius 2 is 2.00 bits per heavy atom. The Hall–Kier alpha value is -3.24. The molecular formula is C22H25N5O4S. The monoisotopic (exact) mass is 455 g/mol. The molecule has 0 aliphatic carbocycles. The highest BCUT2D eigenvalue weighted by Gasteiger charge is 2.28. The van der Waals surface area contributed by atoms with Crippen molar-refractivity contribution < 1.29 is 9.63 Å². The van der Waals surface area contributed by atoms with Crippen LogP contribution in [0.1, 0.15) is 34.8 Å². The number of benzene rings is 1. The Labute approximate surface area is 187 Å². The second-order valence-electron chi connectivity index (χ2n) is 8.11. The topological polar surface area (TPSA) is 102 Å². The van der Waals surface area contributed by atoms with Crippen molar-refractivity contribution in [2.45, 2.75) is 26.8 Å². The molecule has 0 unspecified atom stereocenters. The van der Waals surface area contributed by atoms with Crippen LogP contribution in [0, 0.1) is 5.92 Å². The van der Waals surface area contributed by atoms with Crippen LogP contribution in [0.3, 0.4) is 0 Å². The quantitative estimate of drug-likeness (QED) is 0.450. The SMILES string of the molecule is CON(C)C(=O)c1c(Cc2n[nH]c3ccccc23)sc2c1c(=O)n(C)c(=O)n2CC(C)C. The van der Waals surface area contributed by atoms with E-state index in [0.29, 0.717) is 22.7 Å². The zero-order chi connectivity index (χ0) is 23.2. The molecule has 0 fully saturated rings. The van der Waals surface area contributed by atoms with Gasteiger partial charge in [0, 0.05) is 37.3 Å². The summed E-state index contributed by atoms with van der Waals surface area (Å²) in [4.78, 5) is 45.6.